The second-order valence-electron chi connectivity index (χ2n) is 2.64. The van der Waals surface area contributed by atoms with Crippen LogP contribution < -0.4 is 0 Å². The van der Waals surface area contributed by atoms with Gasteiger partial charge in [0.2, 0.25) is 0 Å². The molecule has 1 aromatic rings. The molecule has 0 fully saturated rings. The minimum atomic E-state index is -5.32. The fourth-order valence-corrected chi connectivity index (χ4v) is 2.80. The molecule has 6 nitrogen and oxygen atoms in total. The quantitative estimate of drug-likeness (QED) is 0.758. The predicted molar refractivity (Wildman–Crippen MR) is 46.0 cm³/mol. The van der Waals surface area contributed by atoms with Crippen LogP contribution in [0.5, 0.6) is 0 Å². The topological polar surface area (TPSA) is 109 Å². The molecule has 0 radical (unpaired) electrons. The van der Waals surface area contributed by atoms with Gasteiger partial charge in [0, 0.05) is 0 Å². The van der Waals surface area contributed by atoms with Crippen LogP contribution in [0.4, 0.5) is 8.78 Å². The first-order chi connectivity index (χ1) is 7.05. The van der Waals surface area contributed by atoms with E-state index in [0.717, 1.165) is 0 Å². The van der Waals surface area contributed by atoms with E-state index in [4.69, 9.17) is 9.11 Å². The number of benzene rings is 1. The van der Waals surface area contributed by atoms with Gasteiger partial charge in [0.1, 0.15) is 4.90 Å². The lowest BCUT2D eigenvalue weighted by Crippen LogP contribution is -2.12. The fourth-order valence-electron chi connectivity index (χ4n) is 0.958. The summed E-state index contributed by atoms with van der Waals surface area (Å²) in [6.07, 6.45) is 0. The van der Waals surface area contributed by atoms with Crippen LogP contribution in [-0.2, 0) is 20.2 Å². The second kappa shape index (κ2) is 3.73. The lowest BCUT2D eigenvalue weighted by Gasteiger charge is -2.05. The van der Waals surface area contributed by atoms with Crippen LogP contribution in [0.15, 0.2) is 21.9 Å². The third-order valence-electron chi connectivity index (χ3n) is 1.55. The Labute approximate surface area is 89.0 Å². The van der Waals surface area contributed by atoms with Gasteiger partial charge < -0.3 is 0 Å². The Morgan fingerprint density at radius 3 is 1.81 bits per heavy atom. The van der Waals surface area contributed by atoms with Crippen LogP contribution in [0.25, 0.3) is 0 Å². The van der Waals surface area contributed by atoms with Crippen molar-refractivity contribution in [2.75, 3.05) is 0 Å². The summed E-state index contributed by atoms with van der Waals surface area (Å²) in [6, 6.07) is 0.615. The van der Waals surface area contributed by atoms with E-state index >= 15 is 0 Å². The summed E-state index contributed by atoms with van der Waals surface area (Å²) in [5, 5.41) is 0. The SMILES string of the molecule is O=S(=O)(O)c1ccc(F)c(F)c1S(=O)(=O)O. The first-order valence-corrected chi connectivity index (χ1v) is 6.36. The predicted octanol–water partition coefficient (Wildman–Crippen LogP) is 0.458. The van der Waals surface area contributed by atoms with Crippen LogP contribution in [0.3, 0.4) is 0 Å². The summed E-state index contributed by atoms with van der Waals surface area (Å²) >= 11 is 0. The lowest BCUT2D eigenvalue weighted by molar-refractivity contribution is 0.437. The Bertz CT molecular complexity index is 633. The van der Waals surface area contributed by atoms with Gasteiger partial charge in [-0.25, -0.2) is 8.78 Å². The number of halogens is 2. The largest absolute Gasteiger partial charge is 0.298 e. The molecule has 16 heavy (non-hydrogen) atoms. The maximum Gasteiger partial charge on any atom is 0.298 e. The smallest absolute Gasteiger partial charge is 0.282 e. The molecule has 0 bridgehead atoms. The average Bonchev–Trinajstić information content (AvgIpc) is 2.05. The van der Waals surface area contributed by atoms with E-state index in [1.165, 1.54) is 0 Å². The zero-order valence-electron chi connectivity index (χ0n) is 7.25. The molecule has 0 unspecified atom stereocenters. The lowest BCUT2D eigenvalue weighted by atomic mass is 10.3. The van der Waals surface area contributed by atoms with E-state index in [2.05, 4.69) is 0 Å². The average molecular weight is 274 g/mol. The van der Waals surface area contributed by atoms with Gasteiger partial charge in [0.05, 0.1) is 0 Å². The Kier molecular flexibility index (Phi) is 3.02. The molecule has 1 aromatic carbocycles. The standard InChI is InChI=1S/C6H4F2O6S2/c7-3-1-2-4(15(9,10)11)6(5(3)8)16(12,13)14/h1-2H,(H,9,10,11)(H,12,13,14). The maximum atomic E-state index is 13.0. The molecule has 0 atom stereocenters. The number of hydrogen-bond donors (Lipinski definition) is 2. The highest BCUT2D eigenvalue weighted by atomic mass is 32.2. The highest BCUT2D eigenvalue weighted by Crippen LogP contribution is 2.25. The Balaban J connectivity index is 3.88. The van der Waals surface area contributed by atoms with E-state index in [-0.39, 0.29) is 0 Å². The number of rotatable bonds is 2. The zero-order chi connectivity index (χ0) is 12.7. The van der Waals surface area contributed by atoms with E-state index in [0.29, 0.717) is 12.1 Å². The third-order valence-corrected chi connectivity index (χ3v) is 3.49. The van der Waals surface area contributed by atoms with E-state index < -0.39 is 41.7 Å². The molecule has 0 heterocycles. The normalized spacial score (nSPS) is 12.8. The van der Waals surface area contributed by atoms with Gasteiger partial charge in [-0.3, -0.25) is 9.11 Å². The highest BCUT2D eigenvalue weighted by molar-refractivity contribution is 7.89. The summed E-state index contributed by atoms with van der Waals surface area (Å²) < 4.78 is 85.3. The van der Waals surface area contributed by atoms with Crippen LogP contribution >= 0.6 is 0 Å². The van der Waals surface area contributed by atoms with Gasteiger partial charge in [-0.2, -0.15) is 16.8 Å². The van der Waals surface area contributed by atoms with Crippen molar-refractivity contribution in [3.63, 3.8) is 0 Å². The molecule has 0 amide bonds. The molecule has 0 aromatic heterocycles. The molecule has 0 saturated carbocycles. The summed E-state index contributed by atoms with van der Waals surface area (Å²) in [7, 11) is -10.4. The van der Waals surface area contributed by atoms with Crippen LogP contribution in [-0.4, -0.2) is 25.9 Å². The molecule has 2 N–H and O–H groups in total. The molecule has 0 spiro atoms. The first kappa shape index (κ1) is 13.0. The molecule has 10 heteroatoms. The zero-order valence-corrected chi connectivity index (χ0v) is 8.89. The van der Waals surface area contributed by atoms with Crippen molar-refractivity contribution >= 4 is 20.2 Å². The van der Waals surface area contributed by atoms with Crippen molar-refractivity contribution < 1.29 is 34.7 Å². The van der Waals surface area contributed by atoms with Gasteiger partial charge in [0.15, 0.2) is 16.5 Å². The minimum absolute atomic E-state index is 0.299. The van der Waals surface area contributed by atoms with E-state index in [1.807, 2.05) is 0 Å². The Morgan fingerprint density at radius 2 is 1.44 bits per heavy atom. The van der Waals surface area contributed by atoms with Gasteiger partial charge in [-0.15, -0.1) is 0 Å². The summed E-state index contributed by atoms with van der Waals surface area (Å²) in [4.78, 5) is -3.26. The van der Waals surface area contributed by atoms with Crippen molar-refractivity contribution in [2.45, 2.75) is 9.79 Å². The summed E-state index contributed by atoms with van der Waals surface area (Å²) in [6.45, 7) is 0. The number of hydrogen-bond acceptors (Lipinski definition) is 4. The maximum absolute atomic E-state index is 13.0. The molecule has 1 rings (SSSR count). The molecule has 0 aliphatic rings. The fraction of sp³-hybridized carbons (Fsp3) is 0. The van der Waals surface area contributed by atoms with E-state index in [1.54, 1.807) is 0 Å². The second-order valence-corrected chi connectivity index (χ2v) is 5.39. The van der Waals surface area contributed by atoms with Gasteiger partial charge in [-0.1, -0.05) is 0 Å². The van der Waals surface area contributed by atoms with Gasteiger partial charge in [0.25, 0.3) is 20.2 Å². The Morgan fingerprint density at radius 1 is 0.938 bits per heavy atom. The molecule has 0 aliphatic heterocycles. The summed E-state index contributed by atoms with van der Waals surface area (Å²) in [5.74, 6) is -3.77. The third kappa shape index (κ3) is 2.35. The molecule has 90 valence electrons. The summed E-state index contributed by atoms with van der Waals surface area (Å²) in [5.41, 5.74) is 0. The van der Waals surface area contributed by atoms with Crippen LogP contribution in [0.2, 0.25) is 0 Å². The molecular formula is C6H4F2O6S2. The monoisotopic (exact) mass is 274 g/mol. The van der Waals surface area contributed by atoms with Gasteiger partial charge in [-0.05, 0) is 12.1 Å². The van der Waals surface area contributed by atoms with Crippen molar-refractivity contribution in [1.29, 1.82) is 0 Å². The molecule has 0 saturated heterocycles. The van der Waals surface area contributed by atoms with Crippen LogP contribution in [0.1, 0.15) is 0 Å². The van der Waals surface area contributed by atoms with Crippen molar-refractivity contribution in [2.24, 2.45) is 0 Å². The first-order valence-electron chi connectivity index (χ1n) is 3.48. The highest BCUT2D eigenvalue weighted by Gasteiger charge is 2.29. The van der Waals surface area contributed by atoms with Crippen molar-refractivity contribution in [3.05, 3.63) is 23.8 Å². The molecular weight excluding hydrogens is 270 g/mol. The van der Waals surface area contributed by atoms with E-state index in [9.17, 15) is 25.6 Å². The van der Waals surface area contributed by atoms with Gasteiger partial charge >= 0.3 is 0 Å². The van der Waals surface area contributed by atoms with Crippen molar-refractivity contribution in [1.82, 2.24) is 0 Å². The van der Waals surface area contributed by atoms with Crippen LogP contribution in [0, 0.1) is 11.6 Å². The molecule has 0 aliphatic carbocycles. The van der Waals surface area contributed by atoms with Crippen molar-refractivity contribution in [3.8, 4) is 0 Å². The Hall–Kier alpha value is -1.10. The minimum Gasteiger partial charge on any atom is -0.282 e.